The quantitative estimate of drug-likeness (QED) is 0.352. The summed E-state index contributed by atoms with van der Waals surface area (Å²) in [5, 5.41) is 0. The molecule has 0 unspecified atom stereocenters. The van der Waals surface area contributed by atoms with E-state index in [2.05, 4.69) is 9.53 Å². The number of carbonyl (C=O) groups is 1. The Balaban J connectivity index is 2.19. The summed E-state index contributed by atoms with van der Waals surface area (Å²) in [6.07, 6.45) is 3.61. The fraction of sp³-hybridized carbons (Fsp3) is 0.429. The van der Waals surface area contributed by atoms with Crippen LogP contribution in [0.15, 0.2) is 24.3 Å². The normalized spacial score (nSPS) is 14.2. The minimum absolute atomic E-state index is 0.147. The number of hydrogen-bond donors (Lipinski definition) is 0. The Morgan fingerprint density at radius 2 is 2.16 bits per heavy atom. The molecule has 1 aromatic rings. The summed E-state index contributed by atoms with van der Waals surface area (Å²) in [7, 11) is 1.24. The van der Waals surface area contributed by atoms with Crippen molar-refractivity contribution in [2.45, 2.75) is 19.3 Å². The van der Waals surface area contributed by atoms with Gasteiger partial charge in [-0.2, -0.15) is 4.79 Å². The lowest BCUT2D eigenvalue weighted by Gasteiger charge is -2.25. The Morgan fingerprint density at radius 3 is 2.74 bits per heavy atom. The fourth-order valence-corrected chi connectivity index (χ4v) is 1.96. The zero-order chi connectivity index (χ0) is 13.7. The SMILES string of the molecule is COC(=O)C(=[N+]=[N-])c1ccccc1OCC1CCC1. The molecule has 0 heterocycles. The maximum Gasteiger partial charge on any atom is 0.422 e. The number of benzene rings is 1. The number of methoxy groups -OCH3 is 1. The van der Waals surface area contributed by atoms with E-state index in [1.807, 2.05) is 6.07 Å². The second-order valence-electron chi connectivity index (χ2n) is 4.54. The highest BCUT2D eigenvalue weighted by Crippen LogP contribution is 2.28. The highest BCUT2D eigenvalue weighted by molar-refractivity contribution is 6.41. The van der Waals surface area contributed by atoms with E-state index in [1.165, 1.54) is 26.4 Å². The third-order valence-electron chi connectivity index (χ3n) is 3.32. The smallest absolute Gasteiger partial charge is 0.422 e. The molecule has 0 bridgehead atoms. The molecule has 2 rings (SSSR count). The lowest BCUT2D eigenvalue weighted by atomic mass is 9.86. The van der Waals surface area contributed by atoms with Crippen molar-refractivity contribution in [3.05, 3.63) is 35.4 Å². The van der Waals surface area contributed by atoms with E-state index in [0.717, 1.165) is 0 Å². The third kappa shape index (κ3) is 3.01. The summed E-state index contributed by atoms with van der Waals surface area (Å²) in [4.78, 5) is 14.5. The summed E-state index contributed by atoms with van der Waals surface area (Å²) in [5.41, 5.74) is 9.27. The average Bonchev–Trinajstić information content (AvgIpc) is 2.39. The Labute approximate surface area is 111 Å². The van der Waals surface area contributed by atoms with Crippen LogP contribution in [0.3, 0.4) is 0 Å². The lowest BCUT2D eigenvalue weighted by Crippen LogP contribution is -2.22. The van der Waals surface area contributed by atoms with Crippen molar-refractivity contribution in [3.63, 3.8) is 0 Å². The van der Waals surface area contributed by atoms with Gasteiger partial charge in [0, 0.05) is 0 Å². The highest BCUT2D eigenvalue weighted by Gasteiger charge is 2.28. The minimum Gasteiger partial charge on any atom is -0.492 e. The van der Waals surface area contributed by atoms with E-state index in [1.54, 1.807) is 18.2 Å². The molecule has 1 fully saturated rings. The van der Waals surface area contributed by atoms with E-state index < -0.39 is 5.97 Å². The maximum atomic E-state index is 11.5. The van der Waals surface area contributed by atoms with Gasteiger partial charge in [0.2, 0.25) is 0 Å². The molecule has 0 atom stereocenters. The van der Waals surface area contributed by atoms with Crippen LogP contribution in [-0.4, -0.2) is 30.2 Å². The highest BCUT2D eigenvalue weighted by atomic mass is 16.5. The van der Waals surface area contributed by atoms with E-state index in [-0.39, 0.29) is 5.71 Å². The first-order valence-corrected chi connectivity index (χ1v) is 6.28. The van der Waals surface area contributed by atoms with Gasteiger partial charge >= 0.3 is 11.7 Å². The topological polar surface area (TPSA) is 71.9 Å². The molecule has 0 aliphatic heterocycles. The monoisotopic (exact) mass is 260 g/mol. The summed E-state index contributed by atoms with van der Waals surface area (Å²) in [5.74, 6) is 0.426. The molecule has 100 valence electrons. The number of esters is 1. The first-order valence-electron chi connectivity index (χ1n) is 6.28. The van der Waals surface area contributed by atoms with E-state index in [0.29, 0.717) is 23.8 Å². The zero-order valence-corrected chi connectivity index (χ0v) is 10.8. The number of nitrogens with zero attached hydrogens (tertiary/aromatic N) is 2. The van der Waals surface area contributed by atoms with Gasteiger partial charge in [-0.3, -0.25) is 0 Å². The minimum atomic E-state index is -0.692. The van der Waals surface area contributed by atoms with Gasteiger partial charge in [-0.05, 0) is 30.9 Å². The van der Waals surface area contributed by atoms with Crippen LogP contribution in [0.4, 0.5) is 0 Å². The van der Waals surface area contributed by atoms with Crippen LogP contribution < -0.4 is 4.74 Å². The van der Waals surface area contributed by atoms with Crippen molar-refractivity contribution >= 4 is 11.7 Å². The molecule has 0 radical (unpaired) electrons. The average molecular weight is 260 g/mol. The molecule has 0 spiro atoms. The Hall–Kier alpha value is -2.13. The summed E-state index contributed by atoms with van der Waals surface area (Å²) in [6.45, 7) is 0.622. The molecule has 19 heavy (non-hydrogen) atoms. The Morgan fingerprint density at radius 1 is 1.42 bits per heavy atom. The third-order valence-corrected chi connectivity index (χ3v) is 3.32. The predicted molar refractivity (Wildman–Crippen MR) is 69.0 cm³/mol. The van der Waals surface area contributed by atoms with Crippen molar-refractivity contribution in [1.29, 1.82) is 0 Å². The van der Waals surface area contributed by atoms with Gasteiger partial charge < -0.3 is 15.0 Å². The van der Waals surface area contributed by atoms with Gasteiger partial charge in [-0.15, -0.1) is 0 Å². The summed E-state index contributed by atoms with van der Waals surface area (Å²) < 4.78 is 10.3. The summed E-state index contributed by atoms with van der Waals surface area (Å²) >= 11 is 0. The largest absolute Gasteiger partial charge is 0.492 e. The number of rotatable bonds is 5. The Bertz CT molecular complexity index is 517. The molecule has 1 aliphatic rings. The Kier molecular flexibility index (Phi) is 4.31. The standard InChI is InChI=1S/C14H16N2O3/c1-18-14(17)13(16-15)11-7-2-3-8-12(11)19-9-10-5-4-6-10/h2-3,7-8,10H,4-6,9H2,1H3. The van der Waals surface area contributed by atoms with E-state index in [4.69, 9.17) is 10.3 Å². The molecule has 1 aliphatic carbocycles. The van der Waals surface area contributed by atoms with E-state index >= 15 is 0 Å². The van der Waals surface area contributed by atoms with Gasteiger partial charge in [0.05, 0.1) is 13.7 Å². The van der Waals surface area contributed by atoms with Gasteiger partial charge in [-0.1, -0.05) is 18.6 Å². The number of ether oxygens (including phenoxy) is 2. The fourth-order valence-electron chi connectivity index (χ4n) is 1.96. The first kappa shape index (κ1) is 13.3. The van der Waals surface area contributed by atoms with Gasteiger partial charge in [0.1, 0.15) is 11.3 Å². The van der Waals surface area contributed by atoms with Crippen molar-refractivity contribution in [1.82, 2.24) is 0 Å². The maximum absolute atomic E-state index is 11.5. The molecule has 0 N–H and O–H groups in total. The molecule has 1 saturated carbocycles. The van der Waals surface area contributed by atoms with Crippen molar-refractivity contribution in [2.24, 2.45) is 5.92 Å². The number of carbonyl (C=O) groups excluding carboxylic acids is 1. The van der Waals surface area contributed by atoms with Crippen LogP contribution in [0.25, 0.3) is 5.53 Å². The van der Waals surface area contributed by atoms with Crippen molar-refractivity contribution in [3.8, 4) is 5.75 Å². The second kappa shape index (κ2) is 6.16. The van der Waals surface area contributed by atoms with Crippen LogP contribution in [0, 0.1) is 5.92 Å². The van der Waals surface area contributed by atoms with Crippen molar-refractivity contribution in [2.75, 3.05) is 13.7 Å². The van der Waals surface area contributed by atoms with Crippen LogP contribution in [0.2, 0.25) is 0 Å². The zero-order valence-electron chi connectivity index (χ0n) is 10.8. The molecule has 5 heteroatoms. The summed E-state index contributed by atoms with van der Waals surface area (Å²) in [6, 6.07) is 6.98. The molecule has 0 amide bonds. The predicted octanol–water partition coefficient (Wildman–Crippen LogP) is 2.06. The van der Waals surface area contributed by atoms with Gasteiger partial charge in [0.25, 0.3) is 0 Å². The molecular weight excluding hydrogens is 244 g/mol. The lowest BCUT2D eigenvalue weighted by molar-refractivity contribution is -0.137. The van der Waals surface area contributed by atoms with E-state index in [9.17, 15) is 4.79 Å². The van der Waals surface area contributed by atoms with Crippen molar-refractivity contribution < 1.29 is 19.1 Å². The van der Waals surface area contributed by atoms with Crippen LogP contribution in [0.1, 0.15) is 24.8 Å². The molecule has 0 aromatic heterocycles. The first-order chi connectivity index (χ1) is 9.26. The number of para-hydroxylation sites is 1. The van der Waals surface area contributed by atoms with Gasteiger partial charge in [-0.25, -0.2) is 4.79 Å². The molecule has 5 nitrogen and oxygen atoms in total. The second-order valence-corrected chi connectivity index (χ2v) is 4.54. The number of hydrogen-bond acceptors (Lipinski definition) is 3. The van der Waals surface area contributed by atoms with Crippen LogP contribution >= 0.6 is 0 Å². The molecular formula is C14H16N2O3. The molecule has 0 saturated heterocycles. The molecule has 1 aromatic carbocycles. The van der Waals surface area contributed by atoms with Crippen LogP contribution in [0.5, 0.6) is 5.75 Å². The van der Waals surface area contributed by atoms with Crippen LogP contribution in [-0.2, 0) is 9.53 Å². The van der Waals surface area contributed by atoms with Gasteiger partial charge in [0.15, 0.2) is 0 Å².